The molecule has 1 aliphatic rings. The van der Waals surface area contributed by atoms with Crippen LogP contribution in [0, 0.1) is 0 Å². The van der Waals surface area contributed by atoms with Crippen LogP contribution in [0.4, 0.5) is 4.39 Å². The highest BCUT2D eigenvalue weighted by Crippen LogP contribution is 2.09. The lowest BCUT2D eigenvalue weighted by atomic mass is 10.2. The number of ether oxygens (including phenoxy) is 1. The predicted molar refractivity (Wildman–Crippen MR) is 46.4 cm³/mol. The van der Waals surface area contributed by atoms with E-state index in [1.54, 1.807) is 19.3 Å². The molecule has 0 saturated carbocycles. The lowest BCUT2D eigenvalue weighted by Gasteiger charge is -1.97. The van der Waals surface area contributed by atoms with Crippen LogP contribution in [0.5, 0.6) is 0 Å². The van der Waals surface area contributed by atoms with Gasteiger partial charge in [-0.2, -0.15) is 0 Å². The van der Waals surface area contributed by atoms with Gasteiger partial charge in [0.05, 0.1) is 6.61 Å². The van der Waals surface area contributed by atoms with Gasteiger partial charge in [0, 0.05) is 13.2 Å². The molecule has 0 unspecified atom stereocenters. The Bertz CT molecular complexity index is 268. The molecule has 0 fully saturated rings. The second-order valence-corrected chi connectivity index (χ2v) is 2.49. The van der Waals surface area contributed by atoms with Crippen molar-refractivity contribution in [2.24, 2.45) is 0 Å². The Hall–Kier alpha value is -1.11. The summed E-state index contributed by atoms with van der Waals surface area (Å²) >= 11 is 0. The standard InChI is InChI=1S/C10H11FO/c1-12-8-7-9-3-2-4-10(11)6-5-9/h3-6H,7-8H2,1H3. The van der Waals surface area contributed by atoms with Crippen LogP contribution in [-0.4, -0.2) is 13.7 Å². The zero-order chi connectivity index (χ0) is 8.81. The summed E-state index contributed by atoms with van der Waals surface area (Å²) in [5.41, 5.74) is 3.77. The van der Waals surface area contributed by atoms with E-state index in [1.807, 2.05) is 0 Å². The number of hydrogen-bond donors (Lipinski definition) is 0. The van der Waals surface area contributed by atoms with Crippen molar-refractivity contribution in [2.75, 3.05) is 13.7 Å². The largest absolute Gasteiger partial charge is 0.384 e. The molecule has 0 radical (unpaired) electrons. The molecule has 1 nitrogen and oxygen atoms in total. The number of halogens is 1. The molecule has 0 aromatic heterocycles. The van der Waals surface area contributed by atoms with E-state index in [0.717, 1.165) is 12.0 Å². The molecule has 64 valence electrons. The average molecular weight is 166 g/mol. The number of methoxy groups -OCH3 is 1. The Morgan fingerprint density at radius 1 is 1.42 bits per heavy atom. The van der Waals surface area contributed by atoms with E-state index in [-0.39, 0.29) is 5.83 Å². The van der Waals surface area contributed by atoms with Gasteiger partial charge in [0.25, 0.3) is 0 Å². The highest BCUT2D eigenvalue weighted by atomic mass is 19.1. The highest BCUT2D eigenvalue weighted by Gasteiger charge is 1.94. The molecule has 0 saturated heterocycles. The van der Waals surface area contributed by atoms with Crippen LogP contribution in [-0.2, 0) is 4.74 Å². The fourth-order valence-corrected chi connectivity index (χ4v) is 0.887. The first-order chi connectivity index (χ1) is 5.83. The Morgan fingerprint density at radius 3 is 3.00 bits per heavy atom. The third-order valence-corrected chi connectivity index (χ3v) is 1.54. The van der Waals surface area contributed by atoms with Crippen molar-refractivity contribution in [3.05, 3.63) is 41.4 Å². The van der Waals surface area contributed by atoms with Crippen LogP contribution < -0.4 is 0 Å². The van der Waals surface area contributed by atoms with Gasteiger partial charge in [0.2, 0.25) is 0 Å². The van der Waals surface area contributed by atoms with E-state index < -0.39 is 0 Å². The third-order valence-electron chi connectivity index (χ3n) is 1.54. The van der Waals surface area contributed by atoms with Gasteiger partial charge in [0.1, 0.15) is 5.83 Å². The minimum atomic E-state index is -0.265. The Balaban J connectivity index is 2.61. The van der Waals surface area contributed by atoms with Gasteiger partial charge in [-0.1, -0.05) is 6.08 Å². The Labute approximate surface area is 71.5 Å². The highest BCUT2D eigenvalue weighted by molar-refractivity contribution is 5.31. The van der Waals surface area contributed by atoms with E-state index in [0.29, 0.717) is 6.61 Å². The van der Waals surface area contributed by atoms with Crippen molar-refractivity contribution >= 4 is 0 Å². The lowest BCUT2D eigenvalue weighted by Crippen LogP contribution is -1.89. The van der Waals surface area contributed by atoms with Gasteiger partial charge in [-0.25, -0.2) is 4.39 Å². The molecule has 0 spiro atoms. The molecule has 12 heavy (non-hydrogen) atoms. The zero-order valence-corrected chi connectivity index (χ0v) is 7.01. The zero-order valence-electron chi connectivity index (χ0n) is 7.01. The second-order valence-electron chi connectivity index (χ2n) is 2.49. The summed E-state index contributed by atoms with van der Waals surface area (Å²) in [7, 11) is 1.65. The molecule has 1 aliphatic carbocycles. The fourth-order valence-electron chi connectivity index (χ4n) is 0.887. The molecule has 0 aromatic rings. The molecule has 0 atom stereocenters. The normalized spacial score (nSPS) is 15.5. The van der Waals surface area contributed by atoms with Crippen LogP contribution >= 0.6 is 0 Å². The minimum absolute atomic E-state index is 0.265. The fraction of sp³-hybridized carbons (Fsp3) is 0.300. The van der Waals surface area contributed by atoms with Crippen LogP contribution in [0.25, 0.3) is 0 Å². The number of allylic oxidation sites excluding steroid dienone is 4. The molecular formula is C10H11FO. The molecular weight excluding hydrogens is 155 g/mol. The molecule has 0 aromatic carbocycles. The molecule has 0 aliphatic heterocycles. The minimum Gasteiger partial charge on any atom is -0.384 e. The molecule has 0 bridgehead atoms. The summed E-state index contributed by atoms with van der Waals surface area (Å²) in [5, 5.41) is 0. The smallest absolute Gasteiger partial charge is 0.130 e. The summed E-state index contributed by atoms with van der Waals surface area (Å²) < 4.78 is 17.5. The summed E-state index contributed by atoms with van der Waals surface area (Å²) in [5.74, 6) is -0.265. The van der Waals surface area contributed by atoms with Gasteiger partial charge >= 0.3 is 0 Å². The summed E-state index contributed by atoms with van der Waals surface area (Å²) in [6.45, 7) is 0.652. The quantitative estimate of drug-likeness (QED) is 0.585. The maximum atomic E-state index is 12.6. The predicted octanol–water partition coefficient (Wildman–Crippen LogP) is 2.53. The van der Waals surface area contributed by atoms with Crippen molar-refractivity contribution in [3.63, 3.8) is 0 Å². The number of hydrogen-bond acceptors (Lipinski definition) is 1. The van der Waals surface area contributed by atoms with E-state index in [9.17, 15) is 4.39 Å². The topological polar surface area (TPSA) is 9.23 Å². The van der Waals surface area contributed by atoms with E-state index in [4.69, 9.17) is 4.74 Å². The first-order valence-corrected chi connectivity index (χ1v) is 3.80. The van der Waals surface area contributed by atoms with Gasteiger partial charge in [-0.15, -0.1) is 5.73 Å². The average Bonchev–Trinajstić information content (AvgIpc) is 2.27. The lowest BCUT2D eigenvalue weighted by molar-refractivity contribution is 0.203. The van der Waals surface area contributed by atoms with Crippen LogP contribution in [0.15, 0.2) is 41.4 Å². The Kier molecular flexibility index (Phi) is 3.52. The van der Waals surface area contributed by atoms with E-state index >= 15 is 0 Å². The van der Waals surface area contributed by atoms with Crippen LogP contribution in [0.1, 0.15) is 6.42 Å². The van der Waals surface area contributed by atoms with Crippen molar-refractivity contribution in [1.82, 2.24) is 0 Å². The molecule has 0 amide bonds. The van der Waals surface area contributed by atoms with Gasteiger partial charge in [-0.05, 0) is 24.1 Å². The summed E-state index contributed by atoms with van der Waals surface area (Å²) in [4.78, 5) is 0. The van der Waals surface area contributed by atoms with E-state index in [2.05, 4.69) is 5.73 Å². The first kappa shape index (κ1) is 8.98. The third kappa shape index (κ3) is 2.87. The summed E-state index contributed by atoms with van der Waals surface area (Å²) in [6.07, 6.45) is 7.05. The first-order valence-electron chi connectivity index (χ1n) is 3.80. The monoisotopic (exact) mass is 166 g/mol. The van der Waals surface area contributed by atoms with Gasteiger partial charge < -0.3 is 4.74 Å². The van der Waals surface area contributed by atoms with Gasteiger partial charge in [0.15, 0.2) is 0 Å². The SMILES string of the molecule is COCCC1=CC=C(F)C=C=C1. The molecule has 2 heteroatoms. The van der Waals surface area contributed by atoms with Crippen LogP contribution in [0.2, 0.25) is 0 Å². The van der Waals surface area contributed by atoms with Crippen molar-refractivity contribution in [3.8, 4) is 0 Å². The maximum Gasteiger partial charge on any atom is 0.130 e. The van der Waals surface area contributed by atoms with E-state index in [1.165, 1.54) is 12.2 Å². The van der Waals surface area contributed by atoms with Crippen molar-refractivity contribution in [2.45, 2.75) is 6.42 Å². The molecule has 0 N–H and O–H groups in total. The molecule has 1 rings (SSSR count). The van der Waals surface area contributed by atoms with Crippen molar-refractivity contribution in [1.29, 1.82) is 0 Å². The summed E-state index contributed by atoms with van der Waals surface area (Å²) in [6, 6.07) is 0. The number of rotatable bonds is 3. The second kappa shape index (κ2) is 4.70. The van der Waals surface area contributed by atoms with Gasteiger partial charge in [-0.3, -0.25) is 0 Å². The molecule has 0 heterocycles. The Morgan fingerprint density at radius 2 is 2.25 bits per heavy atom. The van der Waals surface area contributed by atoms with Crippen molar-refractivity contribution < 1.29 is 9.13 Å². The maximum absolute atomic E-state index is 12.6. The van der Waals surface area contributed by atoms with Crippen LogP contribution in [0.3, 0.4) is 0 Å².